The number of halogens is 2. The number of ketones is 1. The van der Waals surface area contributed by atoms with Crippen LogP contribution in [0.15, 0.2) is 46.2 Å². The molecule has 0 radical (unpaired) electrons. The number of Topliss-reactive ketones (excluding diaryl/α,β-unsaturated/α-hetero) is 1. The molecule has 1 aliphatic heterocycles. The molecular weight excluding hydrogens is 282 g/mol. The number of ether oxygens (including phenoxy) is 1. The second-order valence-corrected chi connectivity index (χ2v) is 5.42. The van der Waals surface area contributed by atoms with Gasteiger partial charge < -0.3 is 4.74 Å². The number of benzene rings is 2. The molecule has 0 bridgehead atoms. The van der Waals surface area contributed by atoms with E-state index in [0.717, 1.165) is 11.8 Å². The summed E-state index contributed by atoms with van der Waals surface area (Å²) in [5.74, 6) is -0.715. The fourth-order valence-corrected chi connectivity index (χ4v) is 2.88. The molecule has 2 nitrogen and oxygen atoms in total. The van der Waals surface area contributed by atoms with Crippen LogP contribution in [0.3, 0.4) is 0 Å². The predicted molar refractivity (Wildman–Crippen MR) is 71.4 cm³/mol. The summed E-state index contributed by atoms with van der Waals surface area (Å²) in [6.07, 6.45) is 0.329. The number of carbonyl (C=O) groups excluding carboxylic acids is 1. The molecule has 0 saturated carbocycles. The van der Waals surface area contributed by atoms with Crippen molar-refractivity contribution in [1.29, 1.82) is 0 Å². The van der Waals surface area contributed by atoms with E-state index in [1.165, 1.54) is 18.2 Å². The van der Waals surface area contributed by atoms with E-state index in [1.54, 1.807) is 18.2 Å². The van der Waals surface area contributed by atoms with E-state index in [2.05, 4.69) is 0 Å². The highest BCUT2D eigenvalue weighted by Gasteiger charge is 2.19. The summed E-state index contributed by atoms with van der Waals surface area (Å²) in [6.45, 7) is 0.375. The van der Waals surface area contributed by atoms with Gasteiger partial charge in [0.1, 0.15) is 17.4 Å². The van der Waals surface area contributed by atoms with Crippen LogP contribution in [-0.2, 0) is 0 Å². The highest BCUT2D eigenvalue weighted by atomic mass is 32.2. The molecule has 0 spiro atoms. The fourth-order valence-electron chi connectivity index (χ4n) is 2.00. The number of fused-ring (bicyclic) bond motifs is 1. The molecule has 102 valence electrons. The first-order valence-electron chi connectivity index (χ1n) is 6.07. The Bertz CT molecular complexity index is 665. The molecule has 1 heterocycles. The third-order valence-corrected chi connectivity index (χ3v) is 4.06. The van der Waals surface area contributed by atoms with E-state index < -0.39 is 11.6 Å². The molecule has 0 atom stereocenters. The van der Waals surface area contributed by atoms with E-state index in [9.17, 15) is 13.6 Å². The Morgan fingerprint density at radius 1 is 1.10 bits per heavy atom. The van der Waals surface area contributed by atoms with Crippen molar-refractivity contribution in [1.82, 2.24) is 0 Å². The van der Waals surface area contributed by atoms with Crippen LogP contribution in [0.2, 0.25) is 0 Å². The Hall–Kier alpha value is -1.88. The van der Waals surface area contributed by atoms with Gasteiger partial charge in [0.05, 0.1) is 17.1 Å². The third kappa shape index (κ3) is 2.41. The first-order valence-corrected chi connectivity index (χ1v) is 6.89. The molecule has 0 saturated heterocycles. The average Bonchev–Trinajstić information content (AvgIpc) is 2.44. The number of carbonyl (C=O) groups is 1. The summed E-state index contributed by atoms with van der Waals surface area (Å²) < 4.78 is 32.6. The summed E-state index contributed by atoms with van der Waals surface area (Å²) in [4.78, 5) is 12.3. The van der Waals surface area contributed by atoms with Crippen LogP contribution >= 0.6 is 11.8 Å². The van der Waals surface area contributed by atoms with Gasteiger partial charge in [-0.3, -0.25) is 4.79 Å². The molecule has 0 N–H and O–H groups in total. The smallest absolute Gasteiger partial charge is 0.170 e. The molecule has 3 rings (SSSR count). The van der Waals surface area contributed by atoms with E-state index >= 15 is 0 Å². The Labute approximate surface area is 118 Å². The molecule has 0 amide bonds. The molecule has 2 aromatic rings. The Morgan fingerprint density at radius 2 is 1.85 bits per heavy atom. The highest BCUT2D eigenvalue weighted by Crippen LogP contribution is 2.35. The van der Waals surface area contributed by atoms with Crippen molar-refractivity contribution in [2.24, 2.45) is 0 Å². The van der Waals surface area contributed by atoms with Gasteiger partial charge in [0.25, 0.3) is 0 Å². The minimum atomic E-state index is -0.615. The maximum Gasteiger partial charge on any atom is 0.170 e. The third-order valence-electron chi connectivity index (χ3n) is 2.98. The largest absolute Gasteiger partial charge is 0.492 e. The standard InChI is InChI=1S/C15H10F2O2S/c16-11-2-1-3-12(17)15(11)20-9-4-5-14-10(8-9)13(18)6-7-19-14/h1-5,8H,6-7H2. The minimum Gasteiger partial charge on any atom is -0.492 e. The van der Waals surface area contributed by atoms with Crippen molar-refractivity contribution in [2.75, 3.05) is 6.61 Å². The maximum atomic E-state index is 13.6. The SMILES string of the molecule is O=C1CCOc2ccc(Sc3c(F)cccc3F)cc21. The predicted octanol–water partition coefficient (Wildman–Crippen LogP) is 4.08. The van der Waals surface area contributed by atoms with Crippen LogP contribution in [-0.4, -0.2) is 12.4 Å². The fraction of sp³-hybridized carbons (Fsp3) is 0.133. The Balaban J connectivity index is 1.96. The van der Waals surface area contributed by atoms with Gasteiger partial charge in [0.15, 0.2) is 5.78 Å². The quantitative estimate of drug-likeness (QED) is 0.834. The summed E-state index contributed by atoms with van der Waals surface area (Å²) >= 11 is 0.958. The van der Waals surface area contributed by atoms with Gasteiger partial charge in [0, 0.05) is 11.3 Å². The van der Waals surface area contributed by atoms with Gasteiger partial charge in [-0.15, -0.1) is 0 Å². The number of rotatable bonds is 2. The van der Waals surface area contributed by atoms with Gasteiger partial charge in [0.2, 0.25) is 0 Å². The van der Waals surface area contributed by atoms with Crippen LogP contribution in [0.5, 0.6) is 5.75 Å². The lowest BCUT2D eigenvalue weighted by atomic mass is 10.1. The van der Waals surface area contributed by atoms with Gasteiger partial charge in [-0.1, -0.05) is 17.8 Å². The topological polar surface area (TPSA) is 26.3 Å². The summed E-state index contributed by atoms with van der Waals surface area (Å²) in [5, 5.41) is 0. The molecule has 0 aromatic heterocycles. The Kier molecular flexibility index (Phi) is 3.44. The molecule has 0 aliphatic carbocycles. The maximum absolute atomic E-state index is 13.6. The van der Waals surface area contributed by atoms with Crippen molar-refractivity contribution in [3.63, 3.8) is 0 Å². The molecule has 2 aromatic carbocycles. The van der Waals surface area contributed by atoms with Gasteiger partial charge in [-0.25, -0.2) is 8.78 Å². The second kappa shape index (κ2) is 5.25. The van der Waals surface area contributed by atoms with E-state index in [0.29, 0.717) is 29.2 Å². The zero-order chi connectivity index (χ0) is 14.1. The van der Waals surface area contributed by atoms with Crippen LogP contribution in [0, 0.1) is 11.6 Å². The van der Waals surface area contributed by atoms with E-state index in [4.69, 9.17) is 4.74 Å². The molecule has 5 heteroatoms. The molecule has 1 aliphatic rings. The summed E-state index contributed by atoms with van der Waals surface area (Å²) in [5.41, 5.74) is 0.470. The lowest BCUT2D eigenvalue weighted by Gasteiger charge is -2.16. The monoisotopic (exact) mass is 292 g/mol. The van der Waals surface area contributed by atoms with E-state index in [1.807, 2.05) is 0 Å². The first kappa shape index (κ1) is 13.1. The molecule has 0 unspecified atom stereocenters. The lowest BCUT2D eigenvalue weighted by molar-refractivity contribution is 0.0933. The normalized spacial score (nSPS) is 13.8. The summed E-state index contributed by atoms with van der Waals surface area (Å²) in [7, 11) is 0. The van der Waals surface area contributed by atoms with Crippen molar-refractivity contribution in [3.8, 4) is 5.75 Å². The highest BCUT2D eigenvalue weighted by molar-refractivity contribution is 7.99. The van der Waals surface area contributed by atoms with Crippen LogP contribution < -0.4 is 4.74 Å². The van der Waals surface area contributed by atoms with Crippen molar-refractivity contribution in [2.45, 2.75) is 16.2 Å². The minimum absolute atomic E-state index is 0.0114. The first-order chi connectivity index (χ1) is 9.65. The van der Waals surface area contributed by atoms with Gasteiger partial charge >= 0.3 is 0 Å². The van der Waals surface area contributed by atoms with Crippen LogP contribution in [0.4, 0.5) is 8.78 Å². The molecule has 20 heavy (non-hydrogen) atoms. The molecular formula is C15H10F2O2S. The van der Waals surface area contributed by atoms with Crippen LogP contribution in [0.25, 0.3) is 0 Å². The summed E-state index contributed by atoms with van der Waals surface area (Å²) in [6, 6.07) is 8.70. The van der Waals surface area contributed by atoms with Gasteiger partial charge in [-0.05, 0) is 30.3 Å². The van der Waals surface area contributed by atoms with Crippen LogP contribution in [0.1, 0.15) is 16.8 Å². The zero-order valence-electron chi connectivity index (χ0n) is 10.4. The van der Waals surface area contributed by atoms with Crippen molar-refractivity contribution in [3.05, 3.63) is 53.6 Å². The molecule has 0 fully saturated rings. The zero-order valence-corrected chi connectivity index (χ0v) is 11.2. The Morgan fingerprint density at radius 3 is 2.60 bits per heavy atom. The second-order valence-electron chi connectivity index (χ2n) is 4.33. The van der Waals surface area contributed by atoms with E-state index in [-0.39, 0.29) is 10.7 Å². The lowest BCUT2D eigenvalue weighted by Crippen LogP contribution is -2.15. The number of hydrogen-bond acceptors (Lipinski definition) is 3. The number of hydrogen-bond donors (Lipinski definition) is 0. The van der Waals surface area contributed by atoms with Crippen molar-refractivity contribution >= 4 is 17.5 Å². The van der Waals surface area contributed by atoms with Gasteiger partial charge in [-0.2, -0.15) is 0 Å². The average molecular weight is 292 g/mol. The van der Waals surface area contributed by atoms with Crippen molar-refractivity contribution < 1.29 is 18.3 Å².